The molecule has 1 aliphatic carbocycles. The highest BCUT2D eigenvalue weighted by atomic mass is 79.9. The highest BCUT2D eigenvalue weighted by molar-refractivity contribution is 9.10. The van der Waals surface area contributed by atoms with E-state index in [4.69, 9.17) is 23.2 Å². The smallest absolute Gasteiger partial charge is 0.231 e. The molecule has 182 valence electrons. The standard InChI is InChI=1S/C27H32BrCl2N3O/c1-3-4-25(33(2)17-19-15-31-16-19)24(13-18-5-7-20(28)8-6-18)32-26(34)27(11-12-27)22-10-9-21(29)14-23(22)30/h4-10,14,19,24,31H,3,11-13,15-17H2,1-2H3,(H,32,34)/b25-4-/t24-/m0/s1. The molecular weight excluding hydrogens is 533 g/mol. The minimum Gasteiger partial charge on any atom is -0.376 e. The van der Waals surface area contributed by atoms with Crippen molar-refractivity contribution in [2.45, 2.75) is 44.1 Å². The SMILES string of the molecule is CC/C=C(/[C@H](Cc1ccc(Br)cc1)NC(=O)C1(c2ccc(Cl)cc2Cl)CC1)N(C)CC1CNC1. The third kappa shape index (κ3) is 5.81. The van der Waals surface area contributed by atoms with Crippen LogP contribution in [0.4, 0.5) is 0 Å². The van der Waals surface area contributed by atoms with Gasteiger partial charge >= 0.3 is 0 Å². The van der Waals surface area contributed by atoms with Crippen molar-refractivity contribution in [1.29, 1.82) is 0 Å². The Hall–Kier alpha value is -1.53. The van der Waals surface area contributed by atoms with Gasteiger partial charge in [-0.25, -0.2) is 0 Å². The van der Waals surface area contributed by atoms with Crippen LogP contribution in [0.1, 0.15) is 37.3 Å². The van der Waals surface area contributed by atoms with Crippen LogP contribution in [-0.2, 0) is 16.6 Å². The Morgan fingerprint density at radius 1 is 1.24 bits per heavy atom. The molecule has 2 fully saturated rings. The summed E-state index contributed by atoms with van der Waals surface area (Å²) in [5.41, 5.74) is 2.65. The molecule has 2 aromatic rings. The van der Waals surface area contributed by atoms with E-state index >= 15 is 0 Å². The minimum absolute atomic E-state index is 0.0412. The molecule has 4 rings (SSSR count). The fourth-order valence-electron chi connectivity index (χ4n) is 4.75. The third-order valence-electron chi connectivity index (χ3n) is 6.90. The normalized spacial score (nSPS) is 18.2. The van der Waals surface area contributed by atoms with Gasteiger partial charge in [-0.3, -0.25) is 4.79 Å². The lowest BCUT2D eigenvalue weighted by atomic mass is 9.93. The summed E-state index contributed by atoms with van der Waals surface area (Å²) in [6.45, 7) is 5.21. The van der Waals surface area contributed by atoms with Crippen LogP contribution in [0, 0.1) is 5.92 Å². The van der Waals surface area contributed by atoms with E-state index in [1.165, 1.54) is 11.3 Å². The molecule has 4 nitrogen and oxygen atoms in total. The summed E-state index contributed by atoms with van der Waals surface area (Å²) in [4.78, 5) is 16.1. The van der Waals surface area contributed by atoms with Gasteiger partial charge in [-0.1, -0.05) is 70.3 Å². The van der Waals surface area contributed by atoms with Gasteiger partial charge in [0.2, 0.25) is 5.91 Å². The maximum Gasteiger partial charge on any atom is 0.231 e. The third-order valence-corrected chi connectivity index (χ3v) is 7.98. The van der Waals surface area contributed by atoms with Crippen LogP contribution in [0.2, 0.25) is 10.0 Å². The molecule has 0 bridgehead atoms. The van der Waals surface area contributed by atoms with Crippen molar-refractivity contribution in [2.75, 3.05) is 26.7 Å². The Bertz CT molecular complexity index is 1050. The van der Waals surface area contributed by atoms with E-state index in [1.807, 2.05) is 12.1 Å². The van der Waals surface area contributed by atoms with Gasteiger partial charge in [-0.15, -0.1) is 0 Å². The van der Waals surface area contributed by atoms with Crippen LogP contribution in [0.25, 0.3) is 0 Å². The van der Waals surface area contributed by atoms with Gasteiger partial charge in [-0.05, 0) is 61.1 Å². The second kappa shape index (κ2) is 11.0. The molecular formula is C27H32BrCl2N3O. The molecule has 2 aromatic carbocycles. The lowest BCUT2D eigenvalue weighted by Gasteiger charge is -2.37. The molecule has 1 amide bonds. The lowest BCUT2D eigenvalue weighted by molar-refractivity contribution is -0.124. The monoisotopic (exact) mass is 563 g/mol. The van der Waals surface area contributed by atoms with Crippen LogP contribution in [0.15, 0.2) is 58.7 Å². The first-order valence-corrected chi connectivity index (χ1v) is 13.5. The fourth-order valence-corrected chi connectivity index (χ4v) is 5.60. The van der Waals surface area contributed by atoms with Gasteiger partial charge < -0.3 is 15.5 Å². The Labute approximate surface area is 221 Å². The maximum absolute atomic E-state index is 13.8. The van der Waals surface area contributed by atoms with E-state index in [2.05, 4.69) is 75.8 Å². The molecule has 1 aliphatic heterocycles. The van der Waals surface area contributed by atoms with Crippen LogP contribution in [0.3, 0.4) is 0 Å². The first-order chi connectivity index (χ1) is 16.3. The van der Waals surface area contributed by atoms with Crippen LogP contribution in [0.5, 0.6) is 0 Å². The van der Waals surface area contributed by atoms with Gasteiger partial charge in [0.05, 0.1) is 11.5 Å². The molecule has 1 saturated carbocycles. The van der Waals surface area contributed by atoms with Crippen molar-refractivity contribution in [3.63, 3.8) is 0 Å². The predicted molar refractivity (Wildman–Crippen MR) is 145 cm³/mol. The number of allylic oxidation sites excluding steroid dienone is 1. The number of hydrogen-bond acceptors (Lipinski definition) is 3. The molecule has 0 aromatic heterocycles. The van der Waals surface area contributed by atoms with E-state index in [9.17, 15) is 4.79 Å². The van der Waals surface area contributed by atoms with Gasteiger partial charge in [0.25, 0.3) is 0 Å². The van der Waals surface area contributed by atoms with Crippen LogP contribution in [-0.4, -0.2) is 43.5 Å². The van der Waals surface area contributed by atoms with Crippen LogP contribution >= 0.6 is 39.1 Å². The number of hydrogen-bond donors (Lipinski definition) is 2. The van der Waals surface area contributed by atoms with E-state index in [0.717, 1.165) is 55.4 Å². The second-order valence-corrected chi connectivity index (χ2v) is 11.3. The molecule has 0 spiro atoms. The van der Waals surface area contributed by atoms with Crippen molar-refractivity contribution in [1.82, 2.24) is 15.5 Å². The van der Waals surface area contributed by atoms with Gasteiger partial charge in [-0.2, -0.15) is 0 Å². The molecule has 0 unspecified atom stereocenters. The average molecular weight is 565 g/mol. The Kier molecular flexibility index (Phi) is 8.29. The summed E-state index contributed by atoms with van der Waals surface area (Å²) in [5.74, 6) is 0.677. The number of nitrogens with one attached hydrogen (secondary N) is 2. The highest BCUT2D eigenvalue weighted by Gasteiger charge is 2.52. The number of carbonyl (C=O) groups excluding carboxylic acids is 1. The summed E-state index contributed by atoms with van der Waals surface area (Å²) >= 11 is 16.2. The number of nitrogens with zero attached hydrogens (tertiary/aromatic N) is 1. The Balaban J connectivity index is 1.60. The van der Waals surface area contributed by atoms with Crippen molar-refractivity contribution < 1.29 is 4.79 Å². The van der Waals surface area contributed by atoms with E-state index < -0.39 is 5.41 Å². The largest absolute Gasteiger partial charge is 0.376 e. The van der Waals surface area contributed by atoms with Gasteiger partial charge in [0.1, 0.15) is 0 Å². The molecule has 0 radical (unpaired) electrons. The molecule has 2 aliphatic rings. The number of carbonyl (C=O) groups is 1. The molecule has 2 N–H and O–H groups in total. The first-order valence-electron chi connectivity index (χ1n) is 11.9. The van der Waals surface area contributed by atoms with Gasteiger partial charge in [0.15, 0.2) is 0 Å². The molecule has 1 atom stereocenters. The summed E-state index contributed by atoms with van der Waals surface area (Å²) in [5, 5.41) is 7.93. The minimum atomic E-state index is -0.576. The number of likely N-dealkylation sites (N-methyl/N-ethyl adjacent to an activating group) is 1. The predicted octanol–water partition coefficient (Wildman–Crippen LogP) is 5.96. The van der Waals surface area contributed by atoms with Crippen LogP contribution < -0.4 is 10.6 Å². The fraction of sp³-hybridized carbons (Fsp3) is 0.444. The number of halogens is 3. The summed E-state index contributed by atoms with van der Waals surface area (Å²) in [6.07, 6.45) is 5.47. The summed E-state index contributed by atoms with van der Waals surface area (Å²) < 4.78 is 1.05. The molecule has 1 heterocycles. The molecule has 34 heavy (non-hydrogen) atoms. The maximum atomic E-state index is 13.8. The van der Waals surface area contributed by atoms with Gasteiger partial charge in [0, 0.05) is 52.8 Å². The summed E-state index contributed by atoms with van der Waals surface area (Å²) in [6, 6.07) is 13.7. The van der Waals surface area contributed by atoms with E-state index in [1.54, 1.807) is 6.07 Å². The zero-order valence-corrected chi connectivity index (χ0v) is 22.8. The topological polar surface area (TPSA) is 44.4 Å². The number of amides is 1. The zero-order valence-electron chi connectivity index (χ0n) is 19.7. The molecule has 1 saturated heterocycles. The quantitative estimate of drug-likeness (QED) is 0.374. The van der Waals surface area contributed by atoms with Crippen molar-refractivity contribution in [2.24, 2.45) is 5.92 Å². The van der Waals surface area contributed by atoms with E-state index in [0.29, 0.717) is 16.0 Å². The number of benzene rings is 2. The zero-order chi connectivity index (χ0) is 24.3. The van der Waals surface area contributed by atoms with Crippen molar-refractivity contribution in [3.05, 3.63) is 79.9 Å². The Morgan fingerprint density at radius 3 is 2.50 bits per heavy atom. The first kappa shape index (κ1) is 25.6. The Morgan fingerprint density at radius 2 is 1.94 bits per heavy atom. The average Bonchev–Trinajstić information content (AvgIpc) is 3.57. The molecule has 7 heteroatoms. The lowest BCUT2D eigenvalue weighted by Crippen LogP contribution is -2.50. The number of rotatable bonds is 10. The van der Waals surface area contributed by atoms with Crippen molar-refractivity contribution in [3.8, 4) is 0 Å². The van der Waals surface area contributed by atoms with Crippen molar-refractivity contribution >= 4 is 45.0 Å². The summed E-state index contributed by atoms with van der Waals surface area (Å²) in [7, 11) is 2.14. The highest BCUT2D eigenvalue weighted by Crippen LogP contribution is 2.51. The van der Waals surface area contributed by atoms with E-state index in [-0.39, 0.29) is 11.9 Å². The second-order valence-electron chi connectivity index (χ2n) is 9.50.